The van der Waals surface area contributed by atoms with Crippen molar-refractivity contribution in [2.24, 2.45) is 0 Å². The molecule has 1 unspecified atom stereocenters. The van der Waals surface area contributed by atoms with Gasteiger partial charge in [-0.2, -0.15) is 0 Å². The Balaban J connectivity index is 1.65. The zero-order chi connectivity index (χ0) is 20.6. The number of para-hydroxylation sites is 2. The molecule has 4 rings (SSSR count). The summed E-state index contributed by atoms with van der Waals surface area (Å²) in [6, 6.07) is 7.98. The summed E-state index contributed by atoms with van der Waals surface area (Å²) in [6.07, 6.45) is 5.03. The number of amides is 2. The number of carbonyl (C=O) groups is 2. The molecule has 2 aliphatic rings. The Morgan fingerprint density at radius 2 is 1.79 bits per heavy atom. The van der Waals surface area contributed by atoms with Crippen molar-refractivity contribution in [3.63, 3.8) is 0 Å². The molecule has 156 valence electrons. The minimum Gasteiger partial charge on any atom is -0.341 e. The Labute approximate surface area is 172 Å². The van der Waals surface area contributed by atoms with Crippen molar-refractivity contribution < 1.29 is 9.59 Å². The van der Waals surface area contributed by atoms with Crippen molar-refractivity contribution in [2.75, 3.05) is 19.6 Å². The van der Waals surface area contributed by atoms with E-state index in [1.54, 1.807) is 0 Å². The molecule has 0 aliphatic carbocycles. The molecule has 1 aromatic heterocycles. The highest BCUT2D eigenvalue weighted by Gasteiger charge is 2.39. The molecule has 3 heterocycles. The van der Waals surface area contributed by atoms with E-state index in [4.69, 9.17) is 4.98 Å². The minimum atomic E-state index is -0.204. The van der Waals surface area contributed by atoms with E-state index in [9.17, 15) is 9.59 Å². The van der Waals surface area contributed by atoms with Crippen LogP contribution in [0, 0.1) is 0 Å². The van der Waals surface area contributed by atoms with Gasteiger partial charge in [-0.3, -0.25) is 9.59 Å². The highest BCUT2D eigenvalue weighted by Crippen LogP contribution is 2.34. The van der Waals surface area contributed by atoms with Gasteiger partial charge in [-0.05, 0) is 45.7 Å². The maximum absolute atomic E-state index is 13.1. The second-order valence-corrected chi connectivity index (χ2v) is 9.42. The van der Waals surface area contributed by atoms with Gasteiger partial charge in [0, 0.05) is 37.5 Å². The molecule has 6 heteroatoms. The summed E-state index contributed by atoms with van der Waals surface area (Å²) in [5, 5.41) is 0. The number of fused-ring (bicyclic) bond motifs is 1. The molecule has 2 saturated heterocycles. The number of aromatic nitrogens is 2. The standard InChI is InChI=1S/C23H32N4O2/c1-23(2,3)27-15-17(14-20(27)28)22-24-18-10-6-7-11-19(18)26(22)16-21(29)25-12-8-4-5-9-13-25/h6-7,10-11,17H,4-5,8-9,12-16H2,1-3H3. The van der Waals surface area contributed by atoms with Crippen LogP contribution >= 0.6 is 0 Å². The van der Waals surface area contributed by atoms with Crippen molar-refractivity contribution in [3.8, 4) is 0 Å². The number of rotatable bonds is 3. The van der Waals surface area contributed by atoms with Gasteiger partial charge in [0.25, 0.3) is 0 Å². The van der Waals surface area contributed by atoms with Gasteiger partial charge in [-0.25, -0.2) is 4.98 Å². The van der Waals surface area contributed by atoms with Crippen LogP contribution in [-0.2, 0) is 16.1 Å². The Morgan fingerprint density at radius 1 is 1.10 bits per heavy atom. The van der Waals surface area contributed by atoms with Gasteiger partial charge >= 0.3 is 0 Å². The van der Waals surface area contributed by atoms with Gasteiger partial charge in [-0.1, -0.05) is 25.0 Å². The lowest BCUT2D eigenvalue weighted by Gasteiger charge is -2.32. The molecular weight excluding hydrogens is 364 g/mol. The van der Waals surface area contributed by atoms with Crippen LogP contribution in [0.5, 0.6) is 0 Å². The predicted octanol–water partition coefficient (Wildman–Crippen LogP) is 3.55. The first-order chi connectivity index (χ1) is 13.8. The molecule has 0 saturated carbocycles. The highest BCUT2D eigenvalue weighted by atomic mass is 16.2. The third kappa shape index (κ3) is 4.02. The van der Waals surface area contributed by atoms with Crippen molar-refractivity contribution in [1.29, 1.82) is 0 Å². The Bertz CT molecular complexity index is 903. The van der Waals surface area contributed by atoms with Crippen LogP contribution < -0.4 is 0 Å². The minimum absolute atomic E-state index is 0.0195. The van der Waals surface area contributed by atoms with Crippen LogP contribution in [0.25, 0.3) is 11.0 Å². The molecule has 0 radical (unpaired) electrons. The molecule has 2 amide bonds. The lowest BCUT2D eigenvalue weighted by Crippen LogP contribution is -2.42. The number of hydrogen-bond donors (Lipinski definition) is 0. The number of hydrogen-bond acceptors (Lipinski definition) is 3. The van der Waals surface area contributed by atoms with Gasteiger partial charge in [0.2, 0.25) is 11.8 Å². The first kappa shape index (κ1) is 19.9. The average Bonchev–Trinajstić information content (AvgIpc) is 3.11. The fourth-order valence-electron chi connectivity index (χ4n) is 4.66. The summed E-state index contributed by atoms with van der Waals surface area (Å²) in [6.45, 7) is 8.86. The first-order valence-corrected chi connectivity index (χ1v) is 10.9. The molecule has 2 fully saturated rings. The van der Waals surface area contributed by atoms with Crippen LogP contribution in [0.15, 0.2) is 24.3 Å². The fraction of sp³-hybridized carbons (Fsp3) is 0.609. The van der Waals surface area contributed by atoms with Crippen molar-refractivity contribution >= 4 is 22.8 Å². The van der Waals surface area contributed by atoms with E-state index in [0.29, 0.717) is 19.5 Å². The van der Waals surface area contributed by atoms with Crippen LogP contribution in [0.2, 0.25) is 0 Å². The first-order valence-electron chi connectivity index (χ1n) is 10.9. The van der Waals surface area contributed by atoms with E-state index >= 15 is 0 Å². The van der Waals surface area contributed by atoms with Gasteiger partial charge in [-0.15, -0.1) is 0 Å². The average molecular weight is 397 g/mol. The molecule has 0 N–H and O–H groups in total. The van der Waals surface area contributed by atoms with Crippen molar-refractivity contribution in [2.45, 2.75) is 70.9 Å². The number of benzene rings is 1. The Kier molecular flexibility index (Phi) is 5.36. The quantitative estimate of drug-likeness (QED) is 0.797. The van der Waals surface area contributed by atoms with Crippen LogP contribution in [0.3, 0.4) is 0 Å². The van der Waals surface area contributed by atoms with Crippen LogP contribution in [0.1, 0.15) is 64.6 Å². The van der Waals surface area contributed by atoms with Crippen LogP contribution in [-0.4, -0.2) is 56.3 Å². The molecule has 2 aromatic rings. The van der Waals surface area contributed by atoms with E-state index in [0.717, 1.165) is 42.8 Å². The Hall–Kier alpha value is -2.37. The van der Waals surface area contributed by atoms with Gasteiger partial charge in [0.15, 0.2) is 0 Å². The normalized spacial score (nSPS) is 21.1. The summed E-state index contributed by atoms with van der Waals surface area (Å²) in [4.78, 5) is 34.6. The number of nitrogens with zero attached hydrogens (tertiary/aromatic N) is 4. The zero-order valence-corrected chi connectivity index (χ0v) is 17.9. The summed E-state index contributed by atoms with van der Waals surface area (Å²) in [5.41, 5.74) is 1.67. The van der Waals surface area contributed by atoms with E-state index < -0.39 is 0 Å². The molecule has 1 atom stereocenters. The Morgan fingerprint density at radius 3 is 2.45 bits per heavy atom. The predicted molar refractivity (Wildman–Crippen MR) is 114 cm³/mol. The molecule has 6 nitrogen and oxygen atoms in total. The number of imidazole rings is 1. The monoisotopic (exact) mass is 396 g/mol. The lowest BCUT2D eigenvalue weighted by atomic mass is 10.1. The molecule has 0 bridgehead atoms. The lowest BCUT2D eigenvalue weighted by molar-refractivity contribution is -0.132. The summed E-state index contributed by atoms with van der Waals surface area (Å²) < 4.78 is 2.06. The van der Waals surface area contributed by atoms with Crippen molar-refractivity contribution in [1.82, 2.24) is 19.4 Å². The summed E-state index contributed by atoms with van der Waals surface area (Å²) >= 11 is 0. The third-order valence-electron chi connectivity index (χ3n) is 6.24. The van der Waals surface area contributed by atoms with E-state index in [-0.39, 0.29) is 23.3 Å². The van der Waals surface area contributed by atoms with Gasteiger partial charge < -0.3 is 14.4 Å². The summed E-state index contributed by atoms with van der Waals surface area (Å²) in [7, 11) is 0. The second kappa shape index (κ2) is 7.81. The highest BCUT2D eigenvalue weighted by molar-refractivity contribution is 5.83. The maximum Gasteiger partial charge on any atom is 0.242 e. The number of likely N-dealkylation sites (tertiary alicyclic amines) is 2. The van der Waals surface area contributed by atoms with Gasteiger partial charge in [0.1, 0.15) is 12.4 Å². The second-order valence-electron chi connectivity index (χ2n) is 9.42. The van der Waals surface area contributed by atoms with E-state index in [1.165, 1.54) is 12.8 Å². The van der Waals surface area contributed by atoms with Gasteiger partial charge in [0.05, 0.1) is 11.0 Å². The summed E-state index contributed by atoms with van der Waals surface area (Å²) in [5.74, 6) is 1.22. The molecular formula is C23H32N4O2. The van der Waals surface area contributed by atoms with E-state index in [1.807, 2.05) is 34.1 Å². The molecule has 2 aliphatic heterocycles. The van der Waals surface area contributed by atoms with E-state index in [2.05, 4.69) is 25.3 Å². The van der Waals surface area contributed by atoms with Crippen molar-refractivity contribution in [3.05, 3.63) is 30.1 Å². The zero-order valence-electron chi connectivity index (χ0n) is 17.9. The van der Waals surface area contributed by atoms with Crippen LogP contribution in [0.4, 0.5) is 0 Å². The largest absolute Gasteiger partial charge is 0.341 e. The topological polar surface area (TPSA) is 58.4 Å². The molecule has 0 spiro atoms. The smallest absolute Gasteiger partial charge is 0.242 e. The third-order valence-corrected chi connectivity index (χ3v) is 6.24. The molecule has 29 heavy (non-hydrogen) atoms. The molecule has 1 aromatic carbocycles. The number of carbonyl (C=O) groups excluding carboxylic acids is 2. The SMILES string of the molecule is CC(C)(C)N1CC(c2nc3ccccc3n2CC(=O)N2CCCCCC2)CC1=O. The fourth-order valence-corrected chi connectivity index (χ4v) is 4.66. The maximum atomic E-state index is 13.1.